The lowest BCUT2D eigenvalue weighted by atomic mass is 10.1. The number of nitrogens with one attached hydrogen (secondary N) is 2. The number of rotatable bonds is 7. The van der Waals surface area contributed by atoms with Crippen LogP contribution < -0.4 is 15.4 Å². The number of pyridine rings is 1. The second kappa shape index (κ2) is 8.75. The van der Waals surface area contributed by atoms with Crippen molar-refractivity contribution in [1.82, 2.24) is 10.3 Å². The highest BCUT2D eigenvalue weighted by atomic mass is 16.5. The van der Waals surface area contributed by atoms with Gasteiger partial charge in [-0.05, 0) is 61.0 Å². The molecule has 1 aliphatic rings. The van der Waals surface area contributed by atoms with E-state index in [1.54, 1.807) is 12.3 Å². The van der Waals surface area contributed by atoms with Gasteiger partial charge in [0.15, 0.2) is 0 Å². The Balaban J connectivity index is 1.40. The van der Waals surface area contributed by atoms with Gasteiger partial charge in [0.05, 0.1) is 24.9 Å². The number of carbonyl (C=O) groups excluding carboxylic acids is 1. The quantitative estimate of drug-likeness (QED) is 0.642. The summed E-state index contributed by atoms with van der Waals surface area (Å²) in [5.74, 6) is 0.700. The predicted molar refractivity (Wildman–Crippen MR) is 112 cm³/mol. The highest BCUT2D eigenvalue weighted by Crippen LogP contribution is 2.25. The van der Waals surface area contributed by atoms with Crippen molar-refractivity contribution in [3.05, 3.63) is 83.7 Å². The Morgan fingerprint density at radius 2 is 2.03 bits per heavy atom. The molecule has 0 spiro atoms. The number of hydrogen-bond acceptors (Lipinski definition) is 5. The van der Waals surface area contributed by atoms with Gasteiger partial charge >= 0.3 is 0 Å². The van der Waals surface area contributed by atoms with E-state index in [0.717, 1.165) is 28.4 Å². The average Bonchev–Trinajstić information content (AvgIpc) is 2.72. The molecule has 6 nitrogen and oxygen atoms in total. The summed E-state index contributed by atoms with van der Waals surface area (Å²) in [6.07, 6.45) is 1.76. The van der Waals surface area contributed by atoms with Crippen molar-refractivity contribution >= 4 is 17.3 Å². The first-order valence-electron chi connectivity index (χ1n) is 9.56. The lowest BCUT2D eigenvalue weighted by Crippen LogP contribution is -2.48. The van der Waals surface area contributed by atoms with Crippen LogP contribution in [0.4, 0.5) is 11.4 Å². The van der Waals surface area contributed by atoms with Gasteiger partial charge in [0.1, 0.15) is 12.4 Å². The number of aromatic nitrogens is 1. The second-order valence-corrected chi connectivity index (χ2v) is 7.00. The highest BCUT2D eigenvalue weighted by molar-refractivity contribution is 5.95. The van der Waals surface area contributed by atoms with Gasteiger partial charge in [-0.25, -0.2) is 0 Å². The summed E-state index contributed by atoms with van der Waals surface area (Å²) in [4.78, 5) is 16.6. The van der Waals surface area contributed by atoms with Crippen LogP contribution >= 0.6 is 0 Å². The van der Waals surface area contributed by atoms with Crippen LogP contribution in [0.3, 0.4) is 0 Å². The molecule has 2 aromatic carbocycles. The molecule has 0 unspecified atom stereocenters. The molecule has 0 saturated carbocycles. The van der Waals surface area contributed by atoms with Crippen LogP contribution in [0.2, 0.25) is 0 Å². The van der Waals surface area contributed by atoms with Crippen LogP contribution in [0.25, 0.3) is 0 Å². The molecule has 0 atom stereocenters. The SMILES string of the molecule is Cc1cc(OCc2ccccn2)ccc1Nc1cccc(C(=O)NC2COC2)c1. The minimum absolute atomic E-state index is 0.0862. The fourth-order valence-corrected chi connectivity index (χ4v) is 2.99. The van der Waals surface area contributed by atoms with E-state index in [9.17, 15) is 4.79 Å². The summed E-state index contributed by atoms with van der Waals surface area (Å²) in [5.41, 5.74) is 4.36. The minimum atomic E-state index is -0.0862. The van der Waals surface area contributed by atoms with E-state index in [0.29, 0.717) is 25.4 Å². The van der Waals surface area contributed by atoms with Crippen LogP contribution in [-0.4, -0.2) is 30.1 Å². The molecule has 4 rings (SSSR count). The van der Waals surface area contributed by atoms with Gasteiger partial charge < -0.3 is 20.1 Å². The molecule has 1 aliphatic heterocycles. The summed E-state index contributed by atoms with van der Waals surface area (Å²) in [6.45, 7) is 3.61. The van der Waals surface area contributed by atoms with E-state index in [-0.39, 0.29) is 11.9 Å². The number of carbonyl (C=O) groups is 1. The molecule has 2 N–H and O–H groups in total. The van der Waals surface area contributed by atoms with Crippen LogP contribution in [0.15, 0.2) is 66.9 Å². The molecule has 2 heterocycles. The Hall–Kier alpha value is -3.38. The van der Waals surface area contributed by atoms with Gasteiger partial charge in [0.2, 0.25) is 0 Å². The van der Waals surface area contributed by atoms with Crippen molar-refractivity contribution in [3.8, 4) is 5.75 Å². The number of amides is 1. The summed E-state index contributed by atoms with van der Waals surface area (Å²) < 4.78 is 10.9. The van der Waals surface area contributed by atoms with Gasteiger partial charge in [0.25, 0.3) is 5.91 Å². The minimum Gasteiger partial charge on any atom is -0.487 e. The van der Waals surface area contributed by atoms with Gasteiger partial charge in [0, 0.05) is 23.1 Å². The van der Waals surface area contributed by atoms with E-state index in [4.69, 9.17) is 9.47 Å². The van der Waals surface area contributed by atoms with E-state index in [1.165, 1.54) is 0 Å². The number of ether oxygens (including phenoxy) is 2. The van der Waals surface area contributed by atoms with Crippen molar-refractivity contribution in [2.24, 2.45) is 0 Å². The Bertz CT molecular complexity index is 988. The smallest absolute Gasteiger partial charge is 0.251 e. The fourth-order valence-electron chi connectivity index (χ4n) is 2.99. The van der Waals surface area contributed by atoms with Crippen LogP contribution in [0.5, 0.6) is 5.75 Å². The number of nitrogens with zero attached hydrogens (tertiary/aromatic N) is 1. The molecule has 0 radical (unpaired) electrons. The monoisotopic (exact) mass is 389 g/mol. The van der Waals surface area contributed by atoms with Gasteiger partial charge in [-0.3, -0.25) is 9.78 Å². The highest BCUT2D eigenvalue weighted by Gasteiger charge is 2.21. The van der Waals surface area contributed by atoms with Gasteiger partial charge in [-0.2, -0.15) is 0 Å². The summed E-state index contributed by atoms with van der Waals surface area (Å²) in [7, 11) is 0. The summed E-state index contributed by atoms with van der Waals surface area (Å²) >= 11 is 0. The average molecular weight is 389 g/mol. The zero-order valence-electron chi connectivity index (χ0n) is 16.2. The second-order valence-electron chi connectivity index (χ2n) is 7.00. The molecule has 29 heavy (non-hydrogen) atoms. The topological polar surface area (TPSA) is 72.5 Å². The van der Waals surface area contributed by atoms with E-state index < -0.39 is 0 Å². The third-order valence-corrected chi connectivity index (χ3v) is 4.69. The molecule has 0 aliphatic carbocycles. The number of benzene rings is 2. The Labute approximate surface area is 169 Å². The summed E-state index contributed by atoms with van der Waals surface area (Å²) in [5, 5.41) is 6.33. The van der Waals surface area contributed by atoms with Gasteiger partial charge in [-0.1, -0.05) is 12.1 Å². The molecule has 3 aromatic rings. The van der Waals surface area contributed by atoms with Crippen molar-refractivity contribution in [2.75, 3.05) is 18.5 Å². The lowest BCUT2D eigenvalue weighted by Gasteiger charge is -2.26. The number of anilines is 2. The molecule has 1 saturated heterocycles. The van der Waals surface area contributed by atoms with Crippen LogP contribution in [0.1, 0.15) is 21.6 Å². The molecule has 1 aromatic heterocycles. The first-order chi connectivity index (χ1) is 14.2. The first kappa shape index (κ1) is 19.0. The normalized spacial score (nSPS) is 13.4. The number of hydrogen-bond donors (Lipinski definition) is 2. The molecule has 1 amide bonds. The van der Waals surface area contributed by atoms with Gasteiger partial charge in [-0.15, -0.1) is 0 Å². The third kappa shape index (κ3) is 4.92. The van der Waals surface area contributed by atoms with Crippen molar-refractivity contribution in [3.63, 3.8) is 0 Å². The Kier molecular flexibility index (Phi) is 5.72. The van der Waals surface area contributed by atoms with Crippen LogP contribution in [-0.2, 0) is 11.3 Å². The summed E-state index contributed by atoms with van der Waals surface area (Å²) in [6, 6.07) is 19.2. The molecule has 1 fully saturated rings. The molecule has 6 heteroatoms. The maximum absolute atomic E-state index is 12.3. The lowest BCUT2D eigenvalue weighted by molar-refractivity contribution is -0.00346. The number of aryl methyl sites for hydroxylation is 1. The molecule has 0 bridgehead atoms. The molecular formula is C23H23N3O3. The maximum atomic E-state index is 12.3. The largest absolute Gasteiger partial charge is 0.487 e. The third-order valence-electron chi connectivity index (χ3n) is 4.69. The van der Waals surface area contributed by atoms with Crippen molar-refractivity contribution < 1.29 is 14.3 Å². The Morgan fingerprint density at radius 1 is 1.14 bits per heavy atom. The fraction of sp³-hybridized carbons (Fsp3) is 0.217. The predicted octanol–water partition coefficient (Wildman–Crippen LogP) is 3.84. The van der Waals surface area contributed by atoms with E-state index in [2.05, 4.69) is 15.6 Å². The molecular weight excluding hydrogens is 366 g/mol. The van der Waals surface area contributed by atoms with Crippen LogP contribution in [0, 0.1) is 6.92 Å². The Morgan fingerprint density at radius 3 is 2.76 bits per heavy atom. The zero-order valence-corrected chi connectivity index (χ0v) is 16.2. The van der Waals surface area contributed by atoms with E-state index in [1.807, 2.05) is 61.5 Å². The standard InChI is InChI=1S/C23H23N3O3/c1-16-11-21(29-15-19-6-2-3-10-24-19)8-9-22(16)25-18-7-4-5-17(12-18)23(27)26-20-13-28-14-20/h2-12,20,25H,13-15H2,1H3,(H,26,27). The zero-order chi connectivity index (χ0) is 20.1. The first-order valence-corrected chi connectivity index (χ1v) is 9.56. The molecule has 148 valence electrons. The van der Waals surface area contributed by atoms with Crippen molar-refractivity contribution in [1.29, 1.82) is 0 Å². The van der Waals surface area contributed by atoms with E-state index >= 15 is 0 Å². The van der Waals surface area contributed by atoms with Crippen molar-refractivity contribution in [2.45, 2.75) is 19.6 Å². The maximum Gasteiger partial charge on any atom is 0.251 e.